The first-order valence-electron chi connectivity index (χ1n) is 7.29. The molecule has 0 heterocycles. The fraction of sp³-hybridized carbons (Fsp3) is 0.500. The number of hydrogen-bond acceptors (Lipinski definition) is 3. The van der Waals surface area contributed by atoms with Crippen LogP contribution in [0.3, 0.4) is 0 Å². The fourth-order valence-corrected chi connectivity index (χ4v) is 2.60. The fourth-order valence-electron chi connectivity index (χ4n) is 2.60. The summed E-state index contributed by atoms with van der Waals surface area (Å²) in [5.41, 5.74) is 1.77. The quantitative estimate of drug-likeness (QED) is 0.741. The maximum Gasteiger partial charge on any atom is 0.313 e. The number of hydrogen-bond donors (Lipinski definition) is 3. The minimum Gasteiger partial charge on any atom is -0.388 e. The molecule has 114 valence electrons. The topological polar surface area (TPSA) is 78.4 Å². The number of anilines is 1. The molecule has 21 heavy (non-hydrogen) atoms. The van der Waals surface area contributed by atoms with Gasteiger partial charge in [0.1, 0.15) is 0 Å². The molecule has 5 heteroatoms. The van der Waals surface area contributed by atoms with E-state index in [1.165, 1.54) is 0 Å². The smallest absolute Gasteiger partial charge is 0.313 e. The van der Waals surface area contributed by atoms with Crippen LogP contribution < -0.4 is 10.6 Å². The summed E-state index contributed by atoms with van der Waals surface area (Å²) in [6, 6.07) is 5.54. The molecule has 1 aliphatic carbocycles. The van der Waals surface area contributed by atoms with E-state index in [1.807, 2.05) is 26.0 Å². The Hall–Kier alpha value is -1.88. The third-order valence-corrected chi connectivity index (χ3v) is 4.17. The third kappa shape index (κ3) is 3.82. The first-order chi connectivity index (χ1) is 9.91. The first kappa shape index (κ1) is 15.5. The first-order valence-corrected chi connectivity index (χ1v) is 7.29. The zero-order valence-electron chi connectivity index (χ0n) is 12.5. The van der Waals surface area contributed by atoms with Crippen LogP contribution >= 0.6 is 0 Å². The molecule has 3 N–H and O–H groups in total. The van der Waals surface area contributed by atoms with Crippen LogP contribution in [0.2, 0.25) is 0 Å². The lowest BCUT2D eigenvalue weighted by Crippen LogP contribution is -2.44. The molecule has 1 aromatic carbocycles. The van der Waals surface area contributed by atoms with Gasteiger partial charge in [0.05, 0.1) is 5.60 Å². The van der Waals surface area contributed by atoms with Crippen LogP contribution in [0, 0.1) is 13.8 Å². The molecule has 1 fully saturated rings. The van der Waals surface area contributed by atoms with Gasteiger partial charge in [0.2, 0.25) is 0 Å². The molecule has 0 aliphatic heterocycles. The summed E-state index contributed by atoms with van der Waals surface area (Å²) >= 11 is 0. The van der Waals surface area contributed by atoms with Crippen LogP contribution in [0.15, 0.2) is 18.2 Å². The highest BCUT2D eigenvalue weighted by Gasteiger charge is 2.32. The summed E-state index contributed by atoms with van der Waals surface area (Å²) in [4.78, 5) is 23.7. The lowest BCUT2D eigenvalue weighted by molar-refractivity contribution is -0.136. The molecule has 2 amide bonds. The maximum absolute atomic E-state index is 11.9. The molecular formula is C16H22N2O3. The van der Waals surface area contributed by atoms with Crippen molar-refractivity contribution in [3.63, 3.8) is 0 Å². The van der Waals surface area contributed by atoms with Gasteiger partial charge in [0, 0.05) is 12.2 Å². The van der Waals surface area contributed by atoms with Crippen LogP contribution in [0.4, 0.5) is 5.69 Å². The number of nitrogens with one attached hydrogen (secondary N) is 2. The Balaban J connectivity index is 1.91. The molecule has 1 aliphatic rings. The summed E-state index contributed by atoms with van der Waals surface area (Å²) in [5, 5.41) is 15.3. The van der Waals surface area contributed by atoms with Crippen LogP contribution in [0.5, 0.6) is 0 Å². The second kappa shape index (κ2) is 6.26. The van der Waals surface area contributed by atoms with E-state index in [2.05, 4.69) is 10.6 Å². The van der Waals surface area contributed by atoms with E-state index in [0.29, 0.717) is 18.5 Å². The van der Waals surface area contributed by atoms with Crippen LogP contribution in [-0.2, 0) is 9.59 Å². The SMILES string of the molecule is Cc1cccc(NC(=O)C(=O)NCC2(O)CCCC2)c1C. The van der Waals surface area contributed by atoms with Gasteiger partial charge in [0.25, 0.3) is 0 Å². The van der Waals surface area contributed by atoms with E-state index in [0.717, 1.165) is 24.0 Å². The molecule has 0 atom stereocenters. The van der Waals surface area contributed by atoms with Crippen molar-refractivity contribution in [2.24, 2.45) is 0 Å². The summed E-state index contributed by atoms with van der Waals surface area (Å²) in [7, 11) is 0. The number of carbonyl (C=O) groups is 2. The Kier molecular flexibility index (Phi) is 4.63. The van der Waals surface area contributed by atoms with Crippen molar-refractivity contribution in [2.45, 2.75) is 45.1 Å². The van der Waals surface area contributed by atoms with Gasteiger partial charge < -0.3 is 15.7 Å². The number of aliphatic hydroxyl groups is 1. The minimum absolute atomic E-state index is 0.131. The molecule has 0 bridgehead atoms. The number of benzene rings is 1. The van der Waals surface area contributed by atoms with Crippen LogP contribution in [0.25, 0.3) is 0 Å². The predicted molar refractivity (Wildman–Crippen MR) is 81.0 cm³/mol. The van der Waals surface area contributed by atoms with Crippen molar-refractivity contribution in [1.29, 1.82) is 0 Å². The van der Waals surface area contributed by atoms with Crippen molar-refractivity contribution in [3.05, 3.63) is 29.3 Å². The van der Waals surface area contributed by atoms with Gasteiger partial charge in [-0.3, -0.25) is 9.59 Å². The molecule has 2 rings (SSSR count). The Bertz CT molecular complexity index is 548. The minimum atomic E-state index is -0.852. The molecule has 0 spiro atoms. The molecular weight excluding hydrogens is 268 g/mol. The maximum atomic E-state index is 11.9. The summed E-state index contributed by atoms with van der Waals surface area (Å²) < 4.78 is 0. The second-order valence-corrected chi connectivity index (χ2v) is 5.82. The number of aryl methyl sites for hydroxylation is 1. The van der Waals surface area contributed by atoms with E-state index in [1.54, 1.807) is 6.07 Å². The van der Waals surface area contributed by atoms with E-state index < -0.39 is 17.4 Å². The number of rotatable bonds is 3. The molecule has 1 aromatic rings. The zero-order valence-corrected chi connectivity index (χ0v) is 12.5. The molecule has 1 saturated carbocycles. The Labute approximate surface area is 124 Å². The number of amides is 2. The third-order valence-electron chi connectivity index (χ3n) is 4.17. The average molecular weight is 290 g/mol. The van der Waals surface area contributed by atoms with E-state index in [-0.39, 0.29) is 6.54 Å². The molecule has 0 radical (unpaired) electrons. The van der Waals surface area contributed by atoms with Gasteiger partial charge in [-0.05, 0) is 43.9 Å². The lowest BCUT2D eigenvalue weighted by Gasteiger charge is -2.22. The Morgan fingerprint density at radius 2 is 1.86 bits per heavy atom. The Morgan fingerprint density at radius 3 is 2.52 bits per heavy atom. The van der Waals surface area contributed by atoms with Crippen molar-refractivity contribution in [2.75, 3.05) is 11.9 Å². The highest BCUT2D eigenvalue weighted by molar-refractivity contribution is 6.39. The Morgan fingerprint density at radius 1 is 1.19 bits per heavy atom. The highest BCUT2D eigenvalue weighted by atomic mass is 16.3. The van der Waals surface area contributed by atoms with Crippen molar-refractivity contribution >= 4 is 17.5 Å². The largest absolute Gasteiger partial charge is 0.388 e. The van der Waals surface area contributed by atoms with Gasteiger partial charge in [-0.1, -0.05) is 25.0 Å². The monoisotopic (exact) mass is 290 g/mol. The van der Waals surface area contributed by atoms with Crippen LogP contribution in [0.1, 0.15) is 36.8 Å². The van der Waals surface area contributed by atoms with Gasteiger partial charge in [-0.25, -0.2) is 0 Å². The normalized spacial score (nSPS) is 16.5. The van der Waals surface area contributed by atoms with Crippen molar-refractivity contribution in [3.8, 4) is 0 Å². The summed E-state index contributed by atoms with van der Waals surface area (Å²) in [5.74, 6) is -1.42. The van der Waals surface area contributed by atoms with E-state index in [4.69, 9.17) is 0 Å². The standard InChI is InChI=1S/C16H22N2O3/c1-11-6-5-7-13(12(11)2)18-15(20)14(19)17-10-16(21)8-3-4-9-16/h5-7,21H,3-4,8-10H2,1-2H3,(H,17,19)(H,18,20). The molecule has 5 nitrogen and oxygen atoms in total. The number of carbonyl (C=O) groups excluding carboxylic acids is 2. The van der Waals surface area contributed by atoms with E-state index in [9.17, 15) is 14.7 Å². The van der Waals surface area contributed by atoms with Gasteiger partial charge in [-0.2, -0.15) is 0 Å². The average Bonchev–Trinajstić information content (AvgIpc) is 2.88. The zero-order chi connectivity index (χ0) is 15.5. The summed E-state index contributed by atoms with van der Waals surface area (Å²) in [6.07, 6.45) is 3.26. The van der Waals surface area contributed by atoms with Gasteiger partial charge >= 0.3 is 11.8 Å². The van der Waals surface area contributed by atoms with Gasteiger partial charge in [-0.15, -0.1) is 0 Å². The second-order valence-electron chi connectivity index (χ2n) is 5.82. The predicted octanol–water partition coefficient (Wildman–Crippen LogP) is 1.66. The van der Waals surface area contributed by atoms with Crippen molar-refractivity contribution in [1.82, 2.24) is 5.32 Å². The van der Waals surface area contributed by atoms with E-state index >= 15 is 0 Å². The van der Waals surface area contributed by atoms with Crippen molar-refractivity contribution < 1.29 is 14.7 Å². The molecule has 0 saturated heterocycles. The highest BCUT2D eigenvalue weighted by Crippen LogP contribution is 2.28. The summed E-state index contributed by atoms with van der Waals surface area (Å²) in [6.45, 7) is 3.97. The van der Waals surface area contributed by atoms with Gasteiger partial charge in [0.15, 0.2) is 0 Å². The van der Waals surface area contributed by atoms with Crippen LogP contribution in [-0.4, -0.2) is 29.1 Å². The lowest BCUT2D eigenvalue weighted by atomic mass is 10.0. The molecule has 0 aromatic heterocycles. The molecule has 0 unspecified atom stereocenters.